The van der Waals surface area contributed by atoms with E-state index in [0.717, 1.165) is 22.4 Å². The Hall–Kier alpha value is -1.51. The molecule has 3 N–H and O–H groups in total. The number of nitrogens with zero attached hydrogens (tertiary/aromatic N) is 1. The number of hydrogen-bond acceptors (Lipinski definition) is 4. The number of nitrogen functional groups attached to an aromatic ring is 1. The van der Waals surface area contributed by atoms with Crippen LogP contribution in [0.25, 0.3) is 0 Å². The summed E-state index contributed by atoms with van der Waals surface area (Å²) in [5, 5.41) is 12.1. The molecule has 0 unspecified atom stereocenters. The fourth-order valence-corrected chi connectivity index (χ4v) is 3.07. The predicted octanol–water partition coefficient (Wildman–Crippen LogP) is 3.62. The molecule has 0 fully saturated rings. The van der Waals surface area contributed by atoms with Gasteiger partial charge in [-0.1, -0.05) is 0 Å². The molecule has 0 radical (unpaired) electrons. The van der Waals surface area contributed by atoms with Gasteiger partial charge in [-0.2, -0.15) is 5.26 Å². The number of hydrogen-bond donors (Lipinski definition) is 2. The third-order valence-electron chi connectivity index (χ3n) is 2.50. The highest BCUT2D eigenvalue weighted by Gasteiger charge is 2.02. The first-order valence-corrected chi connectivity index (χ1v) is 7.07. The maximum atomic E-state index is 8.84. The second-order valence-electron chi connectivity index (χ2n) is 3.80. The van der Waals surface area contributed by atoms with E-state index in [1.54, 1.807) is 29.5 Å². The molecule has 0 atom stereocenters. The van der Waals surface area contributed by atoms with E-state index >= 15 is 0 Å². The van der Waals surface area contributed by atoms with Crippen molar-refractivity contribution in [2.24, 2.45) is 0 Å². The van der Waals surface area contributed by atoms with Crippen molar-refractivity contribution in [1.29, 1.82) is 5.26 Å². The Bertz CT molecular complexity index is 586. The zero-order valence-corrected chi connectivity index (χ0v) is 12.0. The predicted molar refractivity (Wildman–Crippen MR) is 79.8 cm³/mol. The average Bonchev–Trinajstić information content (AvgIpc) is 2.77. The van der Waals surface area contributed by atoms with Gasteiger partial charge in [-0.15, -0.1) is 11.3 Å². The smallest absolute Gasteiger partial charge is 0.0992 e. The number of benzene rings is 1. The van der Waals surface area contributed by atoms with Crippen molar-refractivity contribution in [2.75, 3.05) is 17.6 Å². The van der Waals surface area contributed by atoms with Crippen LogP contribution in [0.4, 0.5) is 11.4 Å². The molecule has 0 saturated carbocycles. The summed E-state index contributed by atoms with van der Waals surface area (Å²) in [7, 11) is 0. The van der Waals surface area contributed by atoms with Crippen LogP contribution in [0, 0.1) is 11.3 Å². The molecule has 18 heavy (non-hydrogen) atoms. The average molecular weight is 322 g/mol. The summed E-state index contributed by atoms with van der Waals surface area (Å²) < 4.78 is 1.14. The molecule has 5 heteroatoms. The van der Waals surface area contributed by atoms with Crippen LogP contribution in [0.3, 0.4) is 0 Å². The molecule has 0 saturated heterocycles. The van der Waals surface area contributed by atoms with Crippen molar-refractivity contribution in [3.8, 4) is 6.07 Å². The van der Waals surface area contributed by atoms with E-state index in [9.17, 15) is 0 Å². The van der Waals surface area contributed by atoms with Crippen molar-refractivity contribution >= 4 is 38.6 Å². The fraction of sp³-hybridized carbons (Fsp3) is 0.154. The zero-order valence-electron chi connectivity index (χ0n) is 9.61. The minimum atomic E-state index is 0.616. The molecule has 2 aromatic rings. The lowest BCUT2D eigenvalue weighted by atomic mass is 10.2. The van der Waals surface area contributed by atoms with Crippen molar-refractivity contribution in [3.63, 3.8) is 0 Å². The number of thiophene rings is 1. The Kier molecular flexibility index (Phi) is 4.24. The summed E-state index contributed by atoms with van der Waals surface area (Å²) in [6, 6.07) is 11.5. The third kappa shape index (κ3) is 3.25. The van der Waals surface area contributed by atoms with E-state index in [-0.39, 0.29) is 0 Å². The minimum absolute atomic E-state index is 0.616. The normalized spacial score (nSPS) is 10.0. The van der Waals surface area contributed by atoms with Gasteiger partial charge in [0.05, 0.1) is 26.8 Å². The molecule has 1 aromatic carbocycles. The minimum Gasteiger partial charge on any atom is -0.397 e. The van der Waals surface area contributed by atoms with Crippen LogP contribution in [-0.4, -0.2) is 6.54 Å². The first-order valence-electron chi connectivity index (χ1n) is 5.47. The number of nitriles is 1. The molecule has 0 aliphatic heterocycles. The van der Waals surface area contributed by atoms with Crippen LogP contribution < -0.4 is 11.1 Å². The van der Waals surface area contributed by atoms with Gasteiger partial charge in [0.25, 0.3) is 0 Å². The summed E-state index contributed by atoms with van der Waals surface area (Å²) >= 11 is 5.17. The van der Waals surface area contributed by atoms with Crippen LogP contribution >= 0.6 is 27.3 Å². The van der Waals surface area contributed by atoms with Crippen molar-refractivity contribution in [2.45, 2.75) is 6.42 Å². The molecule has 0 bridgehead atoms. The highest BCUT2D eigenvalue weighted by molar-refractivity contribution is 9.11. The quantitative estimate of drug-likeness (QED) is 0.845. The third-order valence-corrected chi connectivity index (χ3v) is 4.18. The second kappa shape index (κ2) is 5.89. The van der Waals surface area contributed by atoms with Gasteiger partial charge in [-0.05, 0) is 52.7 Å². The van der Waals surface area contributed by atoms with Crippen LogP contribution in [0.5, 0.6) is 0 Å². The van der Waals surface area contributed by atoms with Gasteiger partial charge in [-0.3, -0.25) is 0 Å². The highest BCUT2D eigenvalue weighted by atomic mass is 79.9. The largest absolute Gasteiger partial charge is 0.397 e. The summed E-state index contributed by atoms with van der Waals surface area (Å²) in [6.45, 7) is 0.798. The number of rotatable bonds is 4. The van der Waals surface area contributed by atoms with E-state index in [1.165, 1.54) is 4.88 Å². The van der Waals surface area contributed by atoms with Crippen molar-refractivity contribution in [3.05, 3.63) is 44.6 Å². The van der Waals surface area contributed by atoms with Crippen molar-refractivity contribution < 1.29 is 0 Å². The number of nitrogens with two attached hydrogens (primary N) is 1. The number of nitrogens with one attached hydrogen (secondary N) is 1. The molecule has 0 spiro atoms. The Morgan fingerprint density at radius 3 is 2.83 bits per heavy atom. The molecule has 1 heterocycles. The van der Waals surface area contributed by atoms with E-state index in [1.807, 2.05) is 6.07 Å². The Labute approximate surface area is 118 Å². The first-order chi connectivity index (χ1) is 8.69. The Morgan fingerprint density at radius 1 is 1.33 bits per heavy atom. The van der Waals surface area contributed by atoms with Gasteiger partial charge < -0.3 is 11.1 Å². The van der Waals surface area contributed by atoms with Crippen LogP contribution in [0.2, 0.25) is 0 Å². The van der Waals surface area contributed by atoms with Crippen LogP contribution in [0.1, 0.15) is 10.4 Å². The molecule has 1 aromatic heterocycles. The number of halogens is 1. The lowest BCUT2D eigenvalue weighted by Crippen LogP contribution is -2.06. The SMILES string of the molecule is N#Cc1ccc(N)c(NCCc2ccc(Br)s2)c1. The maximum absolute atomic E-state index is 8.84. The van der Waals surface area contributed by atoms with Gasteiger partial charge in [0.2, 0.25) is 0 Å². The van der Waals surface area contributed by atoms with E-state index in [0.29, 0.717) is 11.3 Å². The van der Waals surface area contributed by atoms with Gasteiger partial charge in [0, 0.05) is 11.4 Å². The van der Waals surface area contributed by atoms with E-state index in [2.05, 4.69) is 33.4 Å². The number of anilines is 2. The molecule has 0 aliphatic rings. The summed E-state index contributed by atoms with van der Waals surface area (Å²) in [4.78, 5) is 1.31. The standard InChI is InChI=1S/C13H12BrN3S/c14-13-4-2-10(18-13)5-6-17-12-7-9(8-15)1-3-11(12)16/h1-4,7,17H,5-6,16H2. The second-order valence-corrected chi connectivity index (χ2v) is 6.34. The molecular weight excluding hydrogens is 310 g/mol. The summed E-state index contributed by atoms with van der Waals surface area (Å²) in [5.41, 5.74) is 7.96. The lowest BCUT2D eigenvalue weighted by Gasteiger charge is -2.08. The highest BCUT2D eigenvalue weighted by Crippen LogP contribution is 2.23. The molecule has 2 rings (SSSR count). The van der Waals surface area contributed by atoms with E-state index in [4.69, 9.17) is 11.0 Å². The summed E-state index contributed by atoms with van der Waals surface area (Å²) in [6.07, 6.45) is 0.937. The van der Waals surface area contributed by atoms with Gasteiger partial charge in [-0.25, -0.2) is 0 Å². The molecule has 3 nitrogen and oxygen atoms in total. The summed E-state index contributed by atoms with van der Waals surface area (Å²) in [5.74, 6) is 0. The fourth-order valence-electron chi connectivity index (χ4n) is 1.59. The van der Waals surface area contributed by atoms with Crippen LogP contribution in [-0.2, 0) is 6.42 Å². The van der Waals surface area contributed by atoms with Crippen molar-refractivity contribution in [1.82, 2.24) is 0 Å². The molecule has 0 aliphatic carbocycles. The van der Waals surface area contributed by atoms with Crippen LogP contribution in [0.15, 0.2) is 34.1 Å². The lowest BCUT2D eigenvalue weighted by molar-refractivity contribution is 1.04. The van der Waals surface area contributed by atoms with E-state index < -0.39 is 0 Å². The molecule has 0 amide bonds. The maximum Gasteiger partial charge on any atom is 0.0992 e. The zero-order chi connectivity index (χ0) is 13.0. The first kappa shape index (κ1) is 12.9. The monoisotopic (exact) mass is 321 g/mol. The van der Waals surface area contributed by atoms with Gasteiger partial charge in [0.1, 0.15) is 0 Å². The molecule has 92 valence electrons. The van der Waals surface area contributed by atoms with Gasteiger partial charge >= 0.3 is 0 Å². The Morgan fingerprint density at radius 2 is 2.17 bits per heavy atom. The molecular formula is C13H12BrN3S. The Balaban J connectivity index is 1.96. The van der Waals surface area contributed by atoms with Gasteiger partial charge in [0.15, 0.2) is 0 Å². The topological polar surface area (TPSA) is 61.8 Å².